The molecule has 1 aliphatic heterocycles. The van der Waals surface area contributed by atoms with Gasteiger partial charge >= 0.3 is 0 Å². The number of rotatable bonds is 5. The van der Waals surface area contributed by atoms with E-state index in [1.165, 1.54) is 11.3 Å². The number of carbonyl (C=O) groups excluding carboxylic acids is 1. The molecule has 4 nitrogen and oxygen atoms in total. The van der Waals surface area contributed by atoms with E-state index in [-0.39, 0.29) is 5.91 Å². The van der Waals surface area contributed by atoms with Crippen molar-refractivity contribution in [2.75, 3.05) is 18.4 Å². The first-order valence-electron chi connectivity index (χ1n) is 9.72. The number of thiophene rings is 1. The highest BCUT2D eigenvalue weighted by Gasteiger charge is 2.24. The number of amides is 1. The molecule has 4 rings (SSSR count). The molecule has 3 aromatic rings. The third-order valence-corrected chi connectivity index (χ3v) is 6.22. The average Bonchev–Trinajstić information content (AvgIpc) is 3.26. The molecule has 1 amide bonds. The SMILES string of the molecule is Cc1ccc(Oc2ccccc2NC2CCN(C(=O)c3cccs3)CC2)c(Cl)c1. The van der Waals surface area contributed by atoms with Crippen LogP contribution in [-0.4, -0.2) is 29.9 Å². The van der Waals surface area contributed by atoms with Crippen LogP contribution in [0.2, 0.25) is 5.02 Å². The van der Waals surface area contributed by atoms with E-state index in [1.54, 1.807) is 0 Å². The van der Waals surface area contributed by atoms with Crippen LogP contribution in [0.3, 0.4) is 0 Å². The number of para-hydroxylation sites is 2. The molecule has 150 valence electrons. The summed E-state index contributed by atoms with van der Waals surface area (Å²) in [6, 6.07) is 17.8. The Morgan fingerprint density at radius 2 is 1.90 bits per heavy atom. The summed E-state index contributed by atoms with van der Waals surface area (Å²) in [7, 11) is 0. The van der Waals surface area contributed by atoms with Crippen LogP contribution in [0.25, 0.3) is 0 Å². The second kappa shape index (κ2) is 8.89. The summed E-state index contributed by atoms with van der Waals surface area (Å²) >= 11 is 7.83. The fourth-order valence-electron chi connectivity index (χ4n) is 3.48. The first-order valence-corrected chi connectivity index (χ1v) is 11.0. The summed E-state index contributed by atoms with van der Waals surface area (Å²) in [4.78, 5) is 15.3. The normalized spacial score (nSPS) is 14.6. The molecule has 0 atom stereocenters. The van der Waals surface area contributed by atoms with Gasteiger partial charge in [-0.3, -0.25) is 4.79 Å². The Balaban J connectivity index is 1.40. The number of likely N-dealkylation sites (tertiary alicyclic amines) is 1. The molecule has 2 heterocycles. The number of carbonyl (C=O) groups is 1. The molecule has 0 saturated carbocycles. The van der Waals surface area contributed by atoms with Gasteiger partial charge in [0.2, 0.25) is 0 Å². The van der Waals surface area contributed by atoms with E-state index in [0.29, 0.717) is 16.8 Å². The number of benzene rings is 2. The summed E-state index contributed by atoms with van der Waals surface area (Å²) in [5.74, 6) is 1.52. The van der Waals surface area contributed by atoms with Crippen LogP contribution in [0.1, 0.15) is 28.1 Å². The lowest BCUT2D eigenvalue weighted by atomic mass is 10.0. The van der Waals surface area contributed by atoms with Gasteiger partial charge in [0.05, 0.1) is 15.6 Å². The van der Waals surface area contributed by atoms with Crippen molar-refractivity contribution in [2.24, 2.45) is 0 Å². The molecule has 0 bridgehead atoms. The number of nitrogens with zero attached hydrogens (tertiary/aromatic N) is 1. The first kappa shape index (κ1) is 19.8. The predicted molar refractivity (Wildman–Crippen MR) is 120 cm³/mol. The minimum Gasteiger partial charge on any atom is -0.454 e. The molecular formula is C23H23ClN2O2S. The topological polar surface area (TPSA) is 41.6 Å². The van der Waals surface area contributed by atoms with E-state index in [2.05, 4.69) is 5.32 Å². The zero-order chi connectivity index (χ0) is 20.2. The molecule has 1 aliphatic rings. The third kappa shape index (κ3) is 4.74. The van der Waals surface area contributed by atoms with Gasteiger partial charge in [0.1, 0.15) is 5.75 Å². The van der Waals surface area contributed by atoms with Gasteiger partial charge in [-0.25, -0.2) is 0 Å². The van der Waals surface area contributed by atoms with E-state index in [9.17, 15) is 4.79 Å². The van der Waals surface area contributed by atoms with Gasteiger partial charge in [0.15, 0.2) is 5.75 Å². The second-order valence-corrected chi connectivity index (χ2v) is 8.58. The molecule has 2 aromatic carbocycles. The largest absolute Gasteiger partial charge is 0.454 e. The summed E-state index contributed by atoms with van der Waals surface area (Å²) in [6.45, 7) is 3.50. The lowest BCUT2D eigenvalue weighted by molar-refractivity contribution is 0.0723. The van der Waals surface area contributed by atoms with Crippen LogP contribution in [0.5, 0.6) is 11.5 Å². The third-order valence-electron chi connectivity index (χ3n) is 5.07. The van der Waals surface area contributed by atoms with Crippen LogP contribution in [0.4, 0.5) is 5.69 Å². The molecule has 29 heavy (non-hydrogen) atoms. The number of piperidine rings is 1. The number of aryl methyl sites for hydroxylation is 1. The number of nitrogens with one attached hydrogen (secondary N) is 1. The quantitative estimate of drug-likeness (QED) is 0.526. The maximum Gasteiger partial charge on any atom is 0.263 e. The van der Waals surface area contributed by atoms with E-state index < -0.39 is 0 Å². The predicted octanol–water partition coefficient (Wildman–Crippen LogP) is 6.22. The molecule has 0 spiro atoms. The minimum atomic E-state index is 0.135. The van der Waals surface area contributed by atoms with Crippen LogP contribution >= 0.6 is 22.9 Å². The molecule has 1 saturated heterocycles. The average molecular weight is 427 g/mol. The van der Waals surface area contributed by atoms with Gasteiger partial charge in [0.25, 0.3) is 5.91 Å². The number of halogens is 1. The standard InChI is InChI=1S/C23H23ClN2O2S/c1-16-8-9-20(18(24)15-16)28-21-6-3-2-5-19(21)25-17-10-12-26(13-11-17)23(27)22-7-4-14-29-22/h2-9,14-15,17,25H,10-13H2,1H3. The highest BCUT2D eigenvalue weighted by molar-refractivity contribution is 7.12. The highest BCUT2D eigenvalue weighted by Crippen LogP contribution is 2.35. The summed E-state index contributed by atoms with van der Waals surface area (Å²) < 4.78 is 6.09. The van der Waals surface area contributed by atoms with Gasteiger partial charge in [-0.15, -0.1) is 11.3 Å². The van der Waals surface area contributed by atoms with Gasteiger partial charge in [-0.1, -0.05) is 35.9 Å². The van der Waals surface area contributed by atoms with Crippen molar-refractivity contribution >= 4 is 34.5 Å². The lowest BCUT2D eigenvalue weighted by Gasteiger charge is -2.33. The summed E-state index contributed by atoms with van der Waals surface area (Å²) in [5, 5.41) is 6.13. The fourth-order valence-corrected chi connectivity index (χ4v) is 4.45. The molecule has 1 aromatic heterocycles. The zero-order valence-electron chi connectivity index (χ0n) is 16.2. The molecule has 0 aliphatic carbocycles. The van der Waals surface area contributed by atoms with Crippen molar-refractivity contribution in [1.82, 2.24) is 4.90 Å². The maximum absolute atomic E-state index is 12.5. The van der Waals surface area contributed by atoms with E-state index in [1.807, 2.05) is 71.8 Å². The second-order valence-electron chi connectivity index (χ2n) is 7.22. The molecular weight excluding hydrogens is 404 g/mol. The van der Waals surface area contributed by atoms with Gasteiger partial charge in [-0.05, 0) is 61.0 Å². The monoisotopic (exact) mass is 426 g/mol. The van der Waals surface area contributed by atoms with Crippen molar-refractivity contribution < 1.29 is 9.53 Å². The van der Waals surface area contributed by atoms with Crippen LogP contribution in [0, 0.1) is 6.92 Å². The Labute approximate surface area is 180 Å². The van der Waals surface area contributed by atoms with E-state index in [4.69, 9.17) is 16.3 Å². The summed E-state index contributed by atoms with van der Waals surface area (Å²) in [5.41, 5.74) is 2.03. The van der Waals surface area contributed by atoms with Crippen molar-refractivity contribution in [3.63, 3.8) is 0 Å². The summed E-state index contributed by atoms with van der Waals surface area (Å²) in [6.07, 6.45) is 1.80. The number of hydrogen-bond acceptors (Lipinski definition) is 4. The van der Waals surface area contributed by atoms with Crippen molar-refractivity contribution in [3.05, 3.63) is 75.4 Å². The van der Waals surface area contributed by atoms with E-state index >= 15 is 0 Å². The number of anilines is 1. The highest BCUT2D eigenvalue weighted by atomic mass is 35.5. The minimum absolute atomic E-state index is 0.135. The van der Waals surface area contributed by atoms with Crippen molar-refractivity contribution in [2.45, 2.75) is 25.8 Å². The fraction of sp³-hybridized carbons (Fsp3) is 0.261. The van der Waals surface area contributed by atoms with Crippen LogP contribution < -0.4 is 10.1 Å². The van der Waals surface area contributed by atoms with Gasteiger partial charge in [-0.2, -0.15) is 0 Å². The molecule has 6 heteroatoms. The number of hydrogen-bond donors (Lipinski definition) is 1. The smallest absolute Gasteiger partial charge is 0.263 e. The zero-order valence-corrected chi connectivity index (χ0v) is 17.8. The molecule has 1 N–H and O–H groups in total. The number of ether oxygens (including phenoxy) is 1. The Morgan fingerprint density at radius 1 is 1.10 bits per heavy atom. The van der Waals surface area contributed by atoms with E-state index in [0.717, 1.165) is 47.8 Å². The van der Waals surface area contributed by atoms with Crippen molar-refractivity contribution in [3.8, 4) is 11.5 Å². The Bertz CT molecular complexity index is 982. The first-order chi connectivity index (χ1) is 14.1. The molecule has 0 unspecified atom stereocenters. The Hall–Kier alpha value is -2.50. The lowest BCUT2D eigenvalue weighted by Crippen LogP contribution is -2.42. The van der Waals surface area contributed by atoms with Crippen LogP contribution in [-0.2, 0) is 0 Å². The van der Waals surface area contributed by atoms with Crippen molar-refractivity contribution in [1.29, 1.82) is 0 Å². The van der Waals surface area contributed by atoms with Crippen LogP contribution in [0.15, 0.2) is 60.0 Å². The Kier molecular flexibility index (Phi) is 6.07. The van der Waals surface area contributed by atoms with Gasteiger partial charge < -0.3 is 15.0 Å². The maximum atomic E-state index is 12.5. The Morgan fingerprint density at radius 3 is 2.62 bits per heavy atom. The molecule has 0 radical (unpaired) electrons. The molecule has 1 fully saturated rings. The van der Waals surface area contributed by atoms with Gasteiger partial charge in [0, 0.05) is 19.1 Å².